The molecule has 0 saturated carbocycles. The van der Waals surface area contributed by atoms with E-state index in [0.29, 0.717) is 25.0 Å². The molecule has 0 saturated heterocycles. The van der Waals surface area contributed by atoms with Gasteiger partial charge in [-0.25, -0.2) is 0 Å². The predicted octanol–water partition coefficient (Wildman–Crippen LogP) is 7.42. The zero-order valence-corrected chi connectivity index (χ0v) is 23.9. The van der Waals surface area contributed by atoms with Crippen molar-refractivity contribution in [3.05, 3.63) is 75.4 Å². The van der Waals surface area contributed by atoms with Crippen molar-refractivity contribution in [3.8, 4) is 16.9 Å². The summed E-state index contributed by atoms with van der Waals surface area (Å²) in [6.45, 7) is 16.3. The van der Waals surface area contributed by atoms with Gasteiger partial charge in [0.2, 0.25) is 0 Å². The maximum absolute atomic E-state index is 14.5. The number of aryl methyl sites for hydroxylation is 1. The highest BCUT2D eigenvalue weighted by molar-refractivity contribution is 6.24. The van der Waals surface area contributed by atoms with Gasteiger partial charge in [0.05, 0.1) is 17.6 Å². The Morgan fingerprint density at radius 1 is 1.00 bits per heavy atom. The third kappa shape index (κ3) is 3.45. The second-order valence-electron chi connectivity index (χ2n) is 12.4. The first-order valence-electron chi connectivity index (χ1n) is 13.7. The predicted molar refractivity (Wildman–Crippen MR) is 150 cm³/mol. The third-order valence-corrected chi connectivity index (χ3v) is 9.83. The molecule has 0 N–H and O–H groups in total. The standard InChI is InChI=1S/C34H38O4/c1-9-38-24-12-10-11-23(15-24)25-14-13-19(2)28-26(25)17-32(6)18-33(7)16-20(3)27(22(5)35)31(37)34(33,8)21(4)29(32)30(28)36/h10-15H,9,16-18H2,1-8H3. The normalized spacial score (nSPS) is 28.6. The van der Waals surface area contributed by atoms with Crippen LogP contribution in [0.15, 0.2) is 58.7 Å². The Morgan fingerprint density at radius 3 is 2.37 bits per heavy atom. The molecule has 0 spiro atoms. The number of Topliss-reactive ketones (excluding diaryl/α,β-unsaturated/α-hetero) is 3. The number of hydrogen-bond donors (Lipinski definition) is 0. The van der Waals surface area contributed by atoms with Gasteiger partial charge in [-0.15, -0.1) is 0 Å². The first kappa shape index (κ1) is 26.3. The average Bonchev–Trinajstić information content (AvgIpc) is 2.81. The van der Waals surface area contributed by atoms with Crippen molar-refractivity contribution in [1.82, 2.24) is 0 Å². The van der Waals surface area contributed by atoms with Gasteiger partial charge in [-0.1, -0.05) is 49.3 Å². The summed E-state index contributed by atoms with van der Waals surface area (Å²) in [7, 11) is 0. The number of allylic oxidation sites excluding steroid dienone is 4. The van der Waals surface area contributed by atoms with E-state index >= 15 is 0 Å². The summed E-state index contributed by atoms with van der Waals surface area (Å²) in [5.74, 6) is 0.532. The lowest BCUT2D eigenvalue weighted by atomic mass is 9.42. The Balaban J connectivity index is 1.74. The van der Waals surface area contributed by atoms with Gasteiger partial charge in [-0.2, -0.15) is 0 Å². The van der Waals surface area contributed by atoms with Crippen LogP contribution in [0.25, 0.3) is 11.1 Å². The molecule has 0 amide bonds. The van der Waals surface area contributed by atoms with Crippen LogP contribution in [0.4, 0.5) is 0 Å². The number of rotatable bonds is 4. The maximum atomic E-state index is 14.5. The van der Waals surface area contributed by atoms with Crippen molar-refractivity contribution in [3.63, 3.8) is 0 Å². The van der Waals surface area contributed by atoms with Gasteiger partial charge >= 0.3 is 0 Å². The van der Waals surface area contributed by atoms with Crippen LogP contribution in [-0.2, 0) is 16.0 Å². The first-order chi connectivity index (χ1) is 17.8. The Bertz CT molecular complexity index is 1490. The Hall–Kier alpha value is -3.27. The van der Waals surface area contributed by atoms with E-state index < -0.39 is 16.2 Å². The SMILES string of the molecule is CCOc1cccc(-c2ccc(C)c3c2CC2(C)CC4(C)CC(C)=C(C(C)=O)C(=O)C4(C)C(C)=C2C3=O)c1. The highest BCUT2D eigenvalue weighted by Gasteiger charge is 2.63. The lowest BCUT2D eigenvalue weighted by Gasteiger charge is -2.59. The Kier molecular flexibility index (Phi) is 5.98. The molecule has 0 heterocycles. The fraction of sp³-hybridized carbons (Fsp3) is 0.441. The first-order valence-corrected chi connectivity index (χ1v) is 13.7. The van der Waals surface area contributed by atoms with Gasteiger partial charge < -0.3 is 4.74 Å². The van der Waals surface area contributed by atoms with Crippen molar-refractivity contribution in [2.24, 2.45) is 16.2 Å². The quantitative estimate of drug-likeness (QED) is 0.402. The van der Waals surface area contributed by atoms with Crippen LogP contribution in [0, 0.1) is 23.2 Å². The summed E-state index contributed by atoms with van der Waals surface area (Å²) in [4.78, 5) is 41.0. The van der Waals surface area contributed by atoms with Gasteiger partial charge in [-0.3, -0.25) is 14.4 Å². The molecular formula is C34H38O4. The molecule has 198 valence electrons. The molecular weight excluding hydrogens is 472 g/mol. The lowest BCUT2D eigenvalue weighted by molar-refractivity contribution is -0.134. The van der Waals surface area contributed by atoms with Crippen LogP contribution in [0.2, 0.25) is 0 Å². The highest BCUT2D eigenvalue weighted by Crippen LogP contribution is 2.66. The molecule has 2 aromatic rings. The van der Waals surface area contributed by atoms with E-state index in [1.54, 1.807) is 0 Å². The molecule has 0 aliphatic heterocycles. The van der Waals surface area contributed by atoms with Crippen LogP contribution in [0.3, 0.4) is 0 Å². The molecule has 2 aromatic carbocycles. The van der Waals surface area contributed by atoms with Crippen LogP contribution in [-0.4, -0.2) is 24.0 Å². The van der Waals surface area contributed by atoms with Crippen molar-refractivity contribution >= 4 is 17.3 Å². The second-order valence-corrected chi connectivity index (χ2v) is 12.4. The summed E-state index contributed by atoms with van der Waals surface area (Å²) in [6, 6.07) is 12.2. The Morgan fingerprint density at radius 2 is 1.71 bits per heavy atom. The number of hydrogen-bond acceptors (Lipinski definition) is 4. The maximum Gasteiger partial charge on any atom is 0.190 e. The minimum Gasteiger partial charge on any atom is -0.494 e. The van der Waals surface area contributed by atoms with Gasteiger partial charge in [0.15, 0.2) is 17.3 Å². The zero-order valence-electron chi connectivity index (χ0n) is 23.9. The van der Waals surface area contributed by atoms with Crippen molar-refractivity contribution in [2.45, 2.75) is 74.7 Å². The molecule has 3 atom stereocenters. The van der Waals surface area contributed by atoms with E-state index in [0.717, 1.165) is 56.7 Å². The monoisotopic (exact) mass is 510 g/mol. The summed E-state index contributed by atoms with van der Waals surface area (Å²) >= 11 is 0. The van der Waals surface area contributed by atoms with E-state index in [9.17, 15) is 14.4 Å². The van der Waals surface area contributed by atoms with Crippen LogP contribution < -0.4 is 4.74 Å². The molecule has 4 heteroatoms. The lowest BCUT2D eigenvalue weighted by Crippen LogP contribution is -2.57. The Labute approximate surface area is 226 Å². The van der Waals surface area contributed by atoms with Crippen molar-refractivity contribution in [2.75, 3.05) is 6.61 Å². The third-order valence-electron chi connectivity index (χ3n) is 9.83. The summed E-state index contributed by atoms with van der Waals surface area (Å²) in [6.07, 6.45) is 2.09. The number of carbonyl (C=O) groups is 3. The minimum atomic E-state index is -0.896. The van der Waals surface area contributed by atoms with Crippen molar-refractivity contribution in [1.29, 1.82) is 0 Å². The van der Waals surface area contributed by atoms with Gasteiger partial charge in [0.25, 0.3) is 0 Å². The molecule has 4 nitrogen and oxygen atoms in total. The van der Waals surface area contributed by atoms with E-state index in [1.807, 2.05) is 58.9 Å². The number of ketones is 3. The minimum absolute atomic E-state index is 0.0262. The van der Waals surface area contributed by atoms with Crippen molar-refractivity contribution < 1.29 is 19.1 Å². The fourth-order valence-corrected chi connectivity index (χ4v) is 8.11. The summed E-state index contributed by atoms with van der Waals surface area (Å²) in [5.41, 5.74) is 5.97. The zero-order chi connectivity index (χ0) is 27.8. The van der Waals surface area contributed by atoms with Crippen LogP contribution >= 0.6 is 0 Å². The average molecular weight is 511 g/mol. The number of fused-ring (bicyclic) bond motifs is 3. The summed E-state index contributed by atoms with van der Waals surface area (Å²) < 4.78 is 5.77. The van der Waals surface area contributed by atoms with Gasteiger partial charge in [-0.05, 0) is 101 Å². The van der Waals surface area contributed by atoms with E-state index in [4.69, 9.17) is 4.74 Å². The number of benzene rings is 2. The molecule has 3 unspecified atom stereocenters. The molecule has 3 aliphatic rings. The fourth-order valence-electron chi connectivity index (χ4n) is 8.11. The molecule has 5 rings (SSSR count). The van der Waals surface area contributed by atoms with Gasteiger partial charge in [0, 0.05) is 16.6 Å². The summed E-state index contributed by atoms with van der Waals surface area (Å²) in [5, 5.41) is 0. The van der Waals surface area contributed by atoms with Gasteiger partial charge in [0.1, 0.15) is 5.75 Å². The smallest absolute Gasteiger partial charge is 0.190 e. The van der Waals surface area contributed by atoms with Crippen LogP contribution in [0.1, 0.15) is 82.8 Å². The topological polar surface area (TPSA) is 60.4 Å². The second kappa shape index (κ2) is 8.62. The molecule has 0 bridgehead atoms. The molecule has 0 fully saturated rings. The molecule has 3 aliphatic carbocycles. The molecule has 0 aromatic heterocycles. The largest absolute Gasteiger partial charge is 0.494 e. The number of carbonyl (C=O) groups excluding carboxylic acids is 3. The van der Waals surface area contributed by atoms with E-state index in [2.05, 4.69) is 26.0 Å². The van der Waals surface area contributed by atoms with E-state index in [1.165, 1.54) is 6.92 Å². The molecule has 0 radical (unpaired) electrons. The van der Waals surface area contributed by atoms with Crippen LogP contribution in [0.5, 0.6) is 5.75 Å². The molecule has 38 heavy (non-hydrogen) atoms. The number of ether oxygens (including phenoxy) is 1. The highest BCUT2D eigenvalue weighted by atomic mass is 16.5. The van der Waals surface area contributed by atoms with E-state index in [-0.39, 0.29) is 17.3 Å².